The van der Waals surface area contributed by atoms with Gasteiger partial charge >= 0.3 is 6.09 Å². The standard InChI is InChI=1S/C23H28F2N2O4/c1-14(20-18(24)12-16(30-5)13-19(20)25)27-21(28)17-9-7-6-8-15(17)10-11-26-22(29)31-23(2,3)4/h6-9,12-14H,10-11H2,1-5H3,(H,26,29)(H,27,28). The van der Waals surface area contributed by atoms with Gasteiger partial charge in [0.1, 0.15) is 23.0 Å². The molecule has 2 N–H and O–H groups in total. The Morgan fingerprint density at radius 1 is 1.10 bits per heavy atom. The van der Waals surface area contributed by atoms with Gasteiger partial charge in [-0.3, -0.25) is 4.79 Å². The molecule has 2 aromatic carbocycles. The van der Waals surface area contributed by atoms with Crippen molar-refractivity contribution in [3.63, 3.8) is 0 Å². The van der Waals surface area contributed by atoms with Crippen LogP contribution in [0.25, 0.3) is 0 Å². The molecule has 2 rings (SSSR count). The Morgan fingerprint density at radius 2 is 1.71 bits per heavy atom. The second-order valence-corrected chi connectivity index (χ2v) is 8.04. The van der Waals surface area contributed by atoms with Crippen molar-refractivity contribution in [1.29, 1.82) is 0 Å². The zero-order chi connectivity index (χ0) is 23.2. The van der Waals surface area contributed by atoms with E-state index in [1.165, 1.54) is 14.0 Å². The first-order chi connectivity index (χ1) is 14.5. The summed E-state index contributed by atoms with van der Waals surface area (Å²) in [5, 5.41) is 5.27. The van der Waals surface area contributed by atoms with Gasteiger partial charge in [-0.05, 0) is 45.7 Å². The summed E-state index contributed by atoms with van der Waals surface area (Å²) in [5.74, 6) is -2.03. The van der Waals surface area contributed by atoms with Crippen molar-refractivity contribution in [2.75, 3.05) is 13.7 Å². The first kappa shape index (κ1) is 24.1. The normalized spacial score (nSPS) is 12.1. The van der Waals surface area contributed by atoms with Gasteiger partial charge in [0.15, 0.2) is 0 Å². The summed E-state index contributed by atoms with van der Waals surface area (Å²) < 4.78 is 38.7. The highest BCUT2D eigenvalue weighted by Gasteiger charge is 2.21. The number of carbonyl (C=O) groups excluding carboxylic acids is 2. The Labute approximate surface area is 180 Å². The van der Waals surface area contributed by atoms with E-state index in [0.717, 1.165) is 12.1 Å². The van der Waals surface area contributed by atoms with Crippen LogP contribution in [0.4, 0.5) is 13.6 Å². The van der Waals surface area contributed by atoms with E-state index >= 15 is 0 Å². The molecule has 1 atom stereocenters. The summed E-state index contributed by atoms with van der Waals surface area (Å²) >= 11 is 0. The summed E-state index contributed by atoms with van der Waals surface area (Å²) in [4.78, 5) is 24.6. The van der Waals surface area contributed by atoms with E-state index in [2.05, 4.69) is 10.6 Å². The van der Waals surface area contributed by atoms with Crippen LogP contribution in [-0.2, 0) is 11.2 Å². The molecule has 0 aromatic heterocycles. The maximum Gasteiger partial charge on any atom is 0.407 e. The fourth-order valence-corrected chi connectivity index (χ4v) is 3.01. The third kappa shape index (κ3) is 6.94. The van der Waals surface area contributed by atoms with Gasteiger partial charge in [0.2, 0.25) is 0 Å². The molecule has 8 heteroatoms. The summed E-state index contributed by atoms with van der Waals surface area (Å²) in [5.41, 5.74) is 0.177. The van der Waals surface area contributed by atoms with Crippen LogP contribution >= 0.6 is 0 Å². The Hall–Kier alpha value is -3.16. The number of hydrogen-bond acceptors (Lipinski definition) is 4. The topological polar surface area (TPSA) is 76.7 Å². The van der Waals surface area contributed by atoms with E-state index in [4.69, 9.17) is 9.47 Å². The largest absolute Gasteiger partial charge is 0.497 e. The molecule has 0 aliphatic carbocycles. The van der Waals surface area contributed by atoms with Crippen LogP contribution in [0, 0.1) is 11.6 Å². The van der Waals surface area contributed by atoms with Crippen molar-refractivity contribution in [2.45, 2.75) is 45.8 Å². The fraction of sp³-hybridized carbons (Fsp3) is 0.391. The average molecular weight is 434 g/mol. The van der Waals surface area contributed by atoms with Gasteiger partial charge in [-0.25, -0.2) is 13.6 Å². The van der Waals surface area contributed by atoms with Gasteiger partial charge in [-0.2, -0.15) is 0 Å². The third-order valence-electron chi connectivity index (χ3n) is 4.39. The number of rotatable bonds is 7. The minimum atomic E-state index is -0.911. The van der Waals surface area contributed by atoms with Crippen molar-refractivity contribution in [3.05, 3.63) is 64.7 Å². The van der Waals surface area contributed by atoms with E-state index in [1.54, 1.807) is 45.0 Å². The minimum absolute atomic E-state index is 0.0557. The van der Waals surface area contributed by atoms with E-state index in [-0.39, 0.29) is 17.9 Å². The van der Waals surface area contributed by atoms with E-state index in [1.807, 2.05) is 0 Å². The van der Waals surface area contributed by atoms with Crippen molar-refractivity contribution >= 4 is 12.0 Å². The number of alkyl carbamates (subject to hydrolysis) is 1. The Bertz CT molecular complexity index is 918. The van der Waals surface area contributed by atoms with Crippen molar-refractivity contribution < 1.29 is 27.8 Å². The third-order valence-corrected chi connectivity index (χ3v) is 4.39. The van der Waals surface area contributed by atoms with Crippen LogP contribution in [-0.4, -0.2) is 31.3 Å². The average Bonchev–Trinajstić information content (AvgIpc) is 2.66. The second kappa shape index (κ2) is 10.2. The number of hydrogen-bond donors (Lipinski definition) is 2. The zero-order valence-electron chi connectivity index (χ0n) is 18.3. The van der Waals surface area contributed by atoms with E-state index < -0.39 is 35.3 Å². The number of benzene rings is 2. The lowest BCUT2D eigenvalue weighted by Crippen LogP contribution is -2.34. The summed E-state index contributed by atoms with van der Waals surface area (Å²) in [6, 6.07) is 8.06. The monoisotopic (exact) mass is 434 g/mol. The molecule has 0 aliphatic heterocycles. The van der Waals surface area contributed by atoms with Crippen LogP contribution in [0.3, 0.4) is 0 Å². The molecule has 6 nitrogen and oxygen atoms in total. The van der Waals surface area contributed by atoms with Gasteiger partial charge in [-0.15, -0.1) is 0 Å². The lowest BCUT2D eigenvalue weighted by Gasteiger charge is -2.20. The predicted octanol–water partition coefficient (Wildman–Crippen LogP) is 4.53. The Kier molecular flexibility index (Phi) is 7.96. The van der Waals surface area contributed by atoms with Crippen molar-refractivity contribution in [2.24, 2.45) is 0 Å². The summed E-state index contributed by atoms with van der Waals surface area (Å²) in [6.45, 7) is 7.06. The van der Waals surface area contributed by atoms with Crippen LogP contribution in [0.5, 0.6) is 5.75 Å². The smallest absolute Gasteiger partial charge is 0.407 e. The molecular formula is C23H28F2N2O4. The zero-order valence-corrected chi connectivity index (χ0v) is 18.3. The molecule has 0 spiro atoms. The maximum atomic E-state index is 14.3. The first-order valence-electron chi connectivity index (χ1n) is 9.90. The summed E-state index contributed by atoms with van der Waals surface area (Å²) in [7, 11) is 1.31. The molecule has 168 valence electrons. The maximum absolute atomic E-state index is 14.3. The van der Waals surface area contributed by atoms with Crippen molar-refractivity contribution in [3.8, 4) is 5.75 Å². The Balaban J connectivity index is 2.07. The minimum Gasteiger partial charge on any atom is -0.497 e. The number of methoxy groups -OCH3 is 1. The molecule has 0 heterocycles. The quantitative estimate of drug-likeness (QED) is 0.671. The second-order valence-electron chi connectivity index (χ2n) is 8.04. The molecule has 31 heavy (non-hydrogen) atoms. The number of carbonyl (C=O) groups is 2. The van der Waals surface area contributed by atoms with Crippen LogP contribution < -0.4 is 15.4 Å². The Morgan fingerprint density at radius 3 is 2.29 bits per heavy atom. The highest BCUT2D eigenvalue weighted by molar-refractivity contribution is 5.96. The molecule has 1 unspecified atom stereocenters. The molecule has 0 saturated carbocycles. The fourth-order valence-electron chi connectivity index (χ4n) is 3.01. The molecule has 2 amide bonds. The van der Waals surface area contributed by atoms with E-state index in [9.17, 15) is 18.4 Å². The number of ether oxygens (including phenoxy) is 2. The molecular weight excluding hydrogens is 406 g/mol. The van der Waals surface area contributed by atoms with Crippen LogP contribution in [0.1, 0.15) is 55.2 Å². The number of amides is 2. The predicted molar refractivity (Wildman–Crippen MR) is 113 cm³/mol. The molecule has 0 aliphatic rings. The van der Waals surface area contributed by atoms with Gasteiger partial charge in [0.05, 0.1) is 13.2 Å². The van der Waals surface area contributed by atoms with E-state index in [0.29, 0.717) is 17.5 Å². The van der Waals surface area contributed by atoms with Gasteiger partial charge in [0, 0.05) is 29.8 Å². The lowest BCUT2D eigenvalue weighted by molar-refractivity contribution is 0.0528. The molecule has 0 fully saturated rings. The van der Waals surface area contributed by atoms with Gasteiger partial charge in [-0.1, -0.05) is 18.2 Å². The molecule has 2 aromatic rings. The molecule has 0 saturated heterocycles. The van der Waals surface area contributed by atoms with Crippen molar-refractivity contribution in [1.82, 2.24) is 10.6 Å². The SMILES string of the molecule is COc1cc(F)c(C(C)NC(=O)c2ccccc2CCNC(=O)OC(C)(C)C)c(F)c1. The first-order valence-corrected chi connectivity index (χ1v) is 9.90. The lowest BCUT2D eigenvalue weighted by atomic mass is 10.0. The molecule has 0 bridgehead atoms. The molecule has 0 radical (unpaired) electrons. The highest BCUT2D eigenvalue weighted by atomic mass is 19.1. The van der Waals surface area contributed by atoms with Gasteiger partial charge in [0.25, 0.3) is 5.91 Å². The highest BCUT2D eigenvalue weighted by Crippen LogP contribution is 2.26. The van der Waals surface area contributed by atoms with Crippen LogP contribution in [0.2, 0.25) is 0 Å². The number of halogens is 2. The number of nitrogens with one attached hydrogen (secondary N) is 2. The summed E-state index contributed by atoms with van der Waals surface area (Å²) in [6.07, 6.45) is -0.170. The van der Waals surface area contributed by atoms with Gasteiger partial charge < -0.3 is 20.1 Å². The van der Waals surface area contributed by atoms with Crippen LogP contribution in [0.15, 0.2) is 36.4 Å².